The van der Waals surface area contributed by atoms with Crippen molar-refractivity contribution in [1.82, 2.24) is 9.80 Å². The molecule has 1 heterocycles. The van der Waals surface area contributed by atoms with Crippen LogP contribution in [0, 0.1) is 5.92 Å². The lowest BCUT2D eigenvalue weighted by Gasteiger charge is -2.44. The minimum absolute atomic E-state index is 0.442. The summed E-state index contributed by atoms with van der Waals surface area (Å²) in [5.74, 6) is 0.732. The fourth-order valence-corrected chi connectivity index (χ4v) is 3.63. The van der Waals surface area contributed by atoms with Crippen LogP contribution in [0.5, 0.6) is 0 Å². The van der Waals surface area contributed by atoms with Crippen molar-refractivity contribution in [3.05, 3.63) is 0 Å². The maximum atomic E-state index is 6.36. The Labute approximate surface area is 113 Å². The number of piperazine rings is 1. The first-order valence-corrected chi connectivity index (χ1v) is 7.77. The van der Waals surface area contributed by atoms with Gasteiger partial charge >= 0.3 is 0 Å². The molecule has 0 aromatic rings. The van der Waals surface area contributed by atoms with Crippen molar-refractivity contribution in [3.8, 4) is 0 Å². The Morgan fingerprint density at radius 1 is 1.00 bits per heavy atom. The number of nitrogens with two attached hydrogens (primary N) is 1. The fraction of sp³-hybridized carbons (Fsp3) is 1.00. The third kappa shape index (κ3) is 3.46. The van der Waals surface area contributed by atoms with E-state index in [4.69, 9.17) is 5.73 Å². The molecule has 1 saturated carbocycles. The highest BCUT2D eigenvalue weighted by molar-refractivity contribution is 4.86. The van der Waals surface area contributed by atoms with Gasteiger partial charge in [0.05, 0.1) is 0 Å². The molecule has 0 bridgehead atoms. The van der Waals surface area contributed by atoms with Crippen molar-refractivity contribution in [1.29, 1.82) is 0 Å². The summed E-state index contributed by atoms with van der Waals surface area (Å²) >= 11 is 0. The second kappa shape index (κ2) is 6.36. The zero-order chi connectivity index (χ0) is 13.1. The van der Waals surface area contributed by atoms with Gasteiger partial charge in [0, 0.05) is 37.8 Å². The van der Waals surface area contributed by atoms with E-state index in [-0.39, 0.29) is 0 Å². The topological polar surface area (TPSA) is 32.5 Å². The molecule has 3 nitrogen and oxygen atoms in total. The van der Waals surface area contributed by atoms with E-state index in [1.54, 1.807) is 0 Å². The lowest BCUT2D eigenvalue weighted by Crippen LogP contribution is -2.56. The van der Waals surface area contributed by atoms with Gasteiger partial charge in [0.1, 0.15) is 0 Å². The summed E-state index contributed by atoms with van der Waals surface area (Å²) in [5.41, 5.74) is 6.36. The second-order valence-electron chi connectivity index (χ2n) is 6.64. The highest BCUT2D eigenvalue weighted by Crippen LogP contribution is 2.24. The molecule has 2 N–H and O–H groups in total. The van der Waals surface area contributed by atoms with Crippen LogP contribution in [0.4, 0.5) is 0 Å². The molecule has 0 radical (unpaired) electrons. The lowest BCUT2D eigenvalue weighted by atomic mass is 9.94. The van der Waals surface area contributed by atoms with Gasteiger partial charge < -0.3 is 5.73 Å². The Morgan fingerprint density at radius 3 is 2.28 bits per heavy atom. The van der Waals surface area contributed by atoms with Crippen LogP contribution in [0.2, 0.25) is 0 Å². The van der Waals surface area contributed by atoms with E-state index in [2.05, 4.69) is 30.7 Å². The van der Waals surface area contributed by atoms with E-state index in [0.29, 0.717) is 18.1 Å². The van der Waals surface area contributed by atoms with Crippen LogP contribution in [0.3, 0.4) is 0 Å². The molecule has 0 spiro atoms. The molecular formula is C15H31N3. The zero-order valence-electron chi connectivity index (χ0n) is 12.4. The molecule has 106 valence electrons. The van der Waals surface area contributed by atoms with Gasteiger partial charge in [-0.05, 0) is 39.7 Å². The molecule has 2 aliphatic rings. The lowest BCUT2D eigenvalue weighted by molar-refractivity contribution is 0.0472. The van der Waals surface area contributed by atoms with Crippen molar-refractivity contribution >= 4 is 0 Å². The summed E-state index contributed by atoms with van der Waals surface area (Å²) in [7, 11) is 2.25. The number of likely N-dealkylation sites (N-methyl/N-ethyl adjacent to an activating group) is 1. The first-order chi connectivity index (χ1) is 8.58. The molecule has 4 unspecified atom stereocenters. The first-order valence-electron chi connectivity index (χ1n) is 7.77. The standard InChI is InChI=1S/C15H31N3/c1-12-9-18(10-13(2)17(12)3)11-14-7-5-4-6-8-15(14)16/h12-15H,4-11,16H2,1-3H3. The van der Waals surface area contributed by atoms with E-state index >= 15 is 0 Å². The van der Waals surface area contributed by atoms with Gasteiger partial charge in [0.15, 0.2) is 0 Å². The smallest absolute Gasteiger partial charge is 0.0195 e. The first kappa shape index (κ1) is 14.3. The molecule has 1 aliphatic carbocycles. The molecule has 2 rings (SSSR count). The zero-order valence-corrected chi connectivity index (χ0v) is 12.4. The fourth-order valence-electron chi connectivity index (χ4n) is 3.63. The molecule has 0 amide bonds. The summed E-state index contributed by atoms with van der Waals surface area (Å²) < 4.78 is 0. The van der Waals surface area contributed by atoms with Crippen LogP contribution in [-0.2, 0) is 0 Å². The quantitative estimate of drug-likeness (QED) is 0.763. The van der Waals surface area contributed by atoms with E-state index < -0.39 is 0 Å². The van der Waals surface area contributed by atoms with Gasteiger partial charge in [-0.25, -0.2) is 0 Å². The molecule has 0 aromatic carbocycles. The van der Waals surface area contributed by atoms with Crippen molar-refractivity contribution in [3.63, 3.8) is 0 Å². The summed E-state index contributed by atoms with van der Waals surface area (Å²) in [6.45, 7) is 8.34. The van der Waals surface area contributed by atoms with E-state index in [0.717, 1.165) is 5.92 Å². The van der Waals surface area contributed by atoms with Crippen molar-refractivity contribution in [2.75, 3.05) is 26.7 Å². The van der Waals surface area contributed by atoms with Gasteiger partial charge in [-0.3, -0.25) is 9.80 Å². The summed E-state index contributed by atoms with van der Waals surface area (Å²) in [6, 6.07) is 1.80. The highest BCUT2D eigenvalue weighted by atomic mass is 15.3. The molecule has 18 heavy (non-hydrogen) atoms. The molecule has 2 fully saturated rings. The Bertz CT molecular complexity index is 244. The Morgan fingerprint density at radius 2 is 1.61 bits per heavy atom. The summed E-state index contributed by atoms with van der Waals surface area (Å²) in [6.07, 6.45) is 6.70. The van der Waals surface area contributed by atoms with Crippen molar-refractivity contribution in [2.45, 2.75) is 64.1 Å². The van der Waals surface area contributed by atoms with Gasteiger partial charge in [0.2, 0.25) is 0 Å². The molecule has 4 atom stereocenters. The van der Waals surface area contributed by atoms with E-state index in [1.807, 2.05) is 0 Å². The van der Waals surface area contributed by atoms with Gasteiger partial charge in [-0.2, -0.15) is 0 Å². The minimum atomic E-state index is 0.442. The highest BCUT2D eigenvalue weighted by Gasteiger charge is 2.29. The van der Waals surface area contributed by atoms with Crippen molar-refractivity contribution < 1.29 is 0 Å². The van der Waals surface area contributed by atoms with Gasteiger partial charge in [0.25, 0.3) is 0 Å². The number of rotatable bonds is 2. The summed E-state index contributed by atoms with van der Waals surface area (Å²) in [5, 5.41) is 0. The third-order valence-electron chi connectivity index (χ3n) is 5.15. The second-order valence-corrected chi connectivity index (χ2v) is 6.64. The molecular weight excluding hydrogens is 222 g/mol. The van der Waals surface area contributed by atoms with Crippen LogP contribution >= 0.6 is 0 Å². The molecule has 1 aliphatic heterocycles. The normalized spacial score (nSPS) is 40.7. The van der Waals surface area contributed by atoms with E-state index in [9.17, 15) is 0 Å². The molecule has 3 heteroatoms. The monoisotopic (exact) mass is 253 g/mol. The Balaban J connectivity index is 1.88. The van der Waals surface area contributed by atoms with Crippen LogP contribution in [0.15, 0.2) is 0 Å². The maximum Gasteiger partial charge on any atom is 0.0195 e. The number of hydrogen-bond donors (Lipinski definition) is 1. The molecule has 1 saturated heterocycles. The van der Waals surface area contributed by atoms with Crippen LogP contribution in [0.1, 0.15) is 46.0 Å². The van der Waals surface area contributed by atoms with Crippen LogP contribution in [0.25, 0.3) is 0 Å². The third-order valence-corrected chi connectivity index (χ3v) is 5.15. The van der Waals surface area contributed by atoms with Crippen molar-refractivity contribution in [2.24, 2.45) is 11.7 Å². The summed E-state index contributed by atoms with van der Waals surface area (Å²) in [4.78, 5) is 5.16. The SMILES string of the molecule is CC1CN(CC2CCCCCC2N)CC(C)N1C. The number of hydrogen-bond acceptors (Lipinski definition) is 3. The average Bonchev–Trinajstić information content (AvgIpc) is 2.52. The van der Waals surface area contributed by atoms with Crippen LogP contribution in [-0.4, -0.2) is 54.6 Å². The predicted molar refractivity (Wildman–Crippen MR) is 77.7 cm³/mol. The number of nitrogens with zero attached hydrogens (tertiary/aromatic N) is 2. The van der Waals surface area contributed by atoms with Crippen LogP contribution < -0.4 is 5.73 Å². The van der Waals surface area contributed by atoms with Gasteiger partial charge in [-0.1, -0.05) is 19.3 Å². The maximum absolute atomic E-state index is 6.36. The Hall–Kier alpha value is -0.120. The van der Waals surface area contributed by atoms with E-state index in [1.165, 1.54) is 51.7 Å². The van der Waals surface area contributed by atoms with Gasteiger partial charge in [-0.15, -0.1) is 0 Å². The largest absolute Gasteiger partial charge is 0.327 e. The Kier molecular flexibility index (Phi) is 5.05. The molecule has 0 aromatic heterocycles. The predicted octanol–water partition coefficient (Wildman–Crippen LogP) is 1.92. The average molecular weight is 253 g/mol. The minimum Gasteiger partial charge on any atom is -0.327 e.